The van der Waals surface area contributed by atoms with Gasteiger partial charge in [0, 0.05) is 16.5 Å². The van der Waals surface area contributed by atoms with E-state index in [1.54, 1.807) is 60.7 Å². The van der Waals surface area contributed by atoms with Crippen LogP contribution in [0.3, 0.4) is 0 Å². The Labute approximate surface area is 199 Å². The van der Waals surface area contributed by atoms with E-state index in [2.05, 4.69) is 10.3 Å². The number of ether oxygens (including phenoxy) is 2. The van der Waals surface area contributed by atoms with Crippen LogP contribution in [-0.4, -0.2) is 46.5 Å². The van der Waals surface area contributed by atoms with Crippen LogP contribution < -0.4 is 14.8 Å². The second-order valence-electron chi connectivity index (χ2n) is 7.42. The van der Waals surface area contributed by atoms with Gasteiger partial charge in [0.2, 0.25) is 5.88 Å². The van der Waals surface area contributed by atoms with E-state index < -0.39 is 24.2 Å². The minimum absolute atomic E-state index is 0.0486. The number of nitrogens with zero attached hydrogens (tertiary/aromatic N) is 1. The van der Waals surface area contributed by atoms with E-state index in [-0.39, 0.29) is 22.7 Å². The summed E-state index contributed by atoms with van der Waals surface area (Å²) in [6.45, 7) is -0.622. The largest absolute Gasteiger partial charge is 0.505 e. The molecule has 0 bridgehead atoms. The Bertz CT molecular complexity index is 1420. The van der Waals surface area contributed by atoms with Crippen LogP contribution in [0, 0.1) is 0 Å². The molecule has 0 radical (unpaired) electrons. The summed E-state index contributed by atoms with van der Waals surface area (Å²) in [5.41, 5.74) is 0.751. The first-order valence-corrected chi connectivity index (χ1v) is 10.5. The molecule has 0 saturated carbocycles. The summed E-state index contributed by atoms with van der Waals surface area (Å²) in [5.74, 6) is -1.67. The Morgan fingerprint density at radius 2 is 1.54 bits per heavy atom. The first-order chi connectivity index (χ1) is 16.9. The molecule has 4 rings (SSSR count). The Hall–Kier alpha value is -4.92. The maximum atomic E-state index is 12.6. The van der Waals surface area contributed by atoms with Crippen LogP contribution in [-0.2, 0) is 4.79 Å². The van der Waals surface area contributed by atoms with E-state index in [9.17, 15) is 19.5 Å². The third-order valence-corrected chi connectivity index (χ3v) is 5.11. The molecular formula is C26H20N2O7. The van der Waals surface area contributed by atoms with Gasteiger partial charge in [-0.05, 0) is 42.5 Å². The molecule has 1 aromatic heterocycles. The summed E-state index contributed by atoms with van der Waals surface area (Å²) in [5, 5.41) is 22.1. The third-order valence-electron chi connectivity index (χ3n) is 5.11. The number of amides is 1. The summed E-state index contributed by atoms with van der Waals surface area (Å²) in [6.07, 6.45) is 0. The average molecular weight is 472 g/mol. The molecule has 0 spiro atoms. The van der Waals surface area contributed by atoms with Crippen molar-refractivity contribution in [2.45, 2.75) is 0 Å². The molecule has 3 N–H and O–H groups in total. The van der Waals surface area contributed by atoms with Crippen molar-refractivity contribution in [1.82, 2.24) is 10.3 Å². The molecule has 4 aromatic rings. The summed E-state index contributed by atoms with van der Waals surface area (Å²) in [4.78, 5) is 39.6. The van der Waals surface area contributed by atoms with Crippen molar-refractivity contribution >= 4 is 28.4 Å². The predicted molar refractivity (Wildman–Crippen MR) is 126 cm³/mol. The van der Waals surface area contributed by atoms with Crippen molar-refractivity contribution in [2.75, 3.05) is 13.7 Å². The lowest BCUT2D eigenvalue weighted by Gasteiger charge is -2.13. The fourth-order valence-electron chi connectivity index (χ4n) is 3.43. The Morgan fingerprint density at radius 1 is 0.886 bits per heavy atom. The molecule has 0 saturated heterocycles. The highest BCUT2D eigenvalue weighted by atomic mass is 16.5. The molecule has 35 heavy (non-hydrogen) atoms. The van der Waals surface area contributed by atoms with E-state index in [1.807, 2.05) is 6.07 Å². The quantitative estimate of drug-likeness (QED) is 0.330. The minimum Gasteiger partial charge on any atom is -0.505 e. The van der Waals surface area contributed by atoms with Gasteiger partial charge in [-0.1, -0.05) is 30.3 Å². The number of methoxy groups -OCH3 is 1. The number of rotatable bonds is 8. The molecule has 9 heteroatoms. The lowest BCUT2D eigenvalue weighted by molar-refractivity contribution is -0.135. The van der Waals surface area contributed by atoms with Gasteiger partial charge in [0.25, 0.3) is 5.91 Å². The SMILES string of the molecule is COc1nc(C(=O)NCC(=O)O)c(O)c2ccc(Oc3ccc(C(=O)c4ccccc4)cc3)cc12. The highest BCUT2D eigenvalue weighted by molar-refractivity contribution is 6.09. The zero-order valence-corrected chi connectivity index (χ0v) is 18.5. The molecule has 0 unspecified atom stereocenters. The number of carbonyl (C=O) groups is 3. The molecule has 0 fully saturated rings. The van der Waals surface area contributed by atoms with E-state index in [1.165, 1.54) is 13.2 Å². The molecule has 0 aliphatic rings. The molecule has 0 aliphatic heterocycles. The third kappa shape index (κ3) is 5.03. The van der Waals surface area contributed by atoms with Crippen molar-refractivity contribution in [2.24, 2.45) is 0 Å². The fourth-order valence-corrected chi connectivity index (χ4v) is 3.43. The summed E-state index contributed by atoms with van der Waals surface area (Å²) < 4.78 is 11.2. The van der Waals surface area contributed by atoms with Crippen LogP contribution in [0.2, 0.25) is 0 Å². The molecule has 176 valence electrons. The molecular weight excluding hydrogens is 452 g/mol. The van der Waals surface area contributed by atoms with Gasteiger partial charge in [0.1, 0.15) is 18.0 Å². The molecule has 3 aromatic carbocycles. The number of hydrogen-bond acceptors (Lipinski definition) is 7. The van der Waals surface area contributed by atoms with Crippen LogP contribution in [0.25, 0.3) is 10.8 Å². The van der Waals surface area contributed by atoms with E-state index in [0.717, 1.165) is 0 Å². The predicted octanol–water partition coefficient (Wildman–Crippen LogP) is 3.79. The number of benzene rings is 3. The Morgan fingerprint density at radius 3 is 2.20 bits per heavy atom. The van der Waals surface area contributed by atoms with Gasteiger partial charge in [0.05, 0.1) is 12.5 Å². The van der Waals surface area contributed by atoms with Crippen molar-refractivity contribution in [3.05, 3.63) is 89.6 Å². The maximum Gasteiger partial charge on any atom is 0.322 e. The number of carboxylic acids is 1. The summed E-state index contributed by atoms with van der Waals surface area (Å²) in [6, 6.07) is 20.3. The molecule has 1 heterocycles. The van der Waals surface area contributed by atoms with Gasteiger partial charge in [-0.2, -0.15) is 0 Å². The van der Waals surface area contributed by atoms with E-state index in [4.69, 9.17) is 14.6 Å². The first-order valence-electron chi connectivity index (χ1n) is 10.5. The fraction of sp³-hybridized carbons (Fsp3) is 0.0769. The number of nitrogens with one attached hydrogen (secondary N) is 1. The number of pyridine rings is 1. The van der Waals surface area contributed by atoms with Gasteiger partial charge in [-0.25, -0.2) is 4.98 Å². The van der Waals surface area contributed by atoms with Crippen LogP contribution in [0.15, 0.2) is 72.8 Å². The van der Waals surface area contributed by atoms with Gasteiger partial charge < -0.3 is 25.0 Å². The second-order valence-corrected chi connectivity index (χ2v) is 7.42. The minimum atomic E-state index is -1.23. The van der Waals surface area contributed by atoms with Crippen molar-refractivity contribution in [1.29, 1.82) is 0 Å². The van der Waals surface area contributed by atoms with Gasteiger partial charge >= 0.3 is 5.97 Å². The maximum absolute atomic E-state index is 12.6. The van der Waals surface area contributed by atoms with Crippen LogP contribution in [0.5, 0.6) is 23.1 Å². The molecule has 9 nitrogen and oxygen atoms in total. The number of carboxylic acid groups (broad SMARTS) is 1. The van der Waals surface area contributed by atoms with Crippen molar-refractivity contribution in [3.8, 4) is 23.1 Å². The van der Waals surface area contributed by atoms with Crippen molar-refractivity contribution in [3.63, 3.8) is 0 Å². The number of hydrogen-bond donors (Lipinski definition) is 3. The topological polar surface area (TPSA) is 135 Å². The Balaban J connectivity index is 1.59. The highest BCUT2D eigenvalue weighted by Gasteiger charge is 2.21. The van der Waals surface area contributed by atoms with Crippen LogP contribution in [0.1, 0.15) is 26.4 Å². The first kappa shape index (κ1) is 23.2. The number of aliphatic carboxylic acids is 1. The Kier molecular flexibility index (Phi) is 6.59. The number of carbonyl (C=O) groups excluding carboxylic acids is 2. The monoisotopic (exact) mass is 472 g/mol. The van der Waals surface area contributed by atoms with Gasteiger partial charge in [-0.3, -0.25) is 14.4 Å². The second kappa shape index (κ2) is 9.92. The smallest absolute Gasteiger partial charge is 0.322 e. The summed E-state index contributed by atoms with van der Waals surface area (Å²) in [7, 11) is 1.35. The summed E-state index contributed by atoms with van der Waals surface area (Å²) >= 11 is 0. The zero-order valence-electron chi connectivity index (χ0n) is 18.5. The van der Waals surface area contributed by atoms with Gasteiger partial charge in [-0.15, -0.1) is 0 Å². The van der Waals surface area contributed by atoms with E-state index >= 15 is 0 Å². The average Bonchev–Trinajstić information content (AvgIpc) is 2.88. The van der Waals surface area contributed by atoms with Crippen LogP contribution in [0.4, 0.5) is 0 Å². The normalized spacial score (nSPS) is 10.5. The lowest BCUT2D eigenvalue weighted by atomic mass is 10.0. The number of aromatic nitrogens is 1. The number of ketones is 1. The molecule has 0 aliphatic carbocycles. The van der Waals surface area contributed by atoms with Crippen molar-refractivity contribution < 1.29 is 34.1 Å². The number of fused-ring (bicyclic) bond motifs is 1. The van der Waals surface area contributed by atoms with Crippen LogP contribution >= 0.6 is 0 Å². The molecule has 0 atom stereocenters. The van der Waals surface area contributed by atoms with E-state index in [0.29, 0.717) is 28.0 Å². The standard InChI is InChI=1S/C26H20N2O7/c1-34-26-20-13-18(11-12-19(20)24(32)22(28-26)25(33)27-14-21(29)30)35-17-9-7-16(8-10-17)23(31)15-5-3-2-4-6-15/h2-13,32H,14H2,1H3,(H,27,33)(H,29,30). The van der Waals surface area contributed by atoms with Gasteiger partial charge in [0.15, 0.2) is 17.2 Å². The lowest BCUT2D eigenvalue weighted by Crippen LogP contribution is -2.30. The molecule has 1 amide bonds. The zero-order chi connectivity index (χ0) is 24.9. The highest BCUT2D eigenvalue weighted by Crippen LogP contribution is 2.36. The number of aromatic hydroxyl groups is 1.